The van der Waals surface area contributed by atoms with Gasteiger partial charge in [-0.1, -0.05) is 218 Å². The highest BCUT2D eigenvalue weighted by Gasteiger charge is 2.23. The third kappa shape index (κ3) is 25.6. The largest absolute Gasteiger partial charge is 0.393 e. The lowest BCUT2D eigenvalue weighted by molar-refractivity contribution is -0.0314. The number of rotatable bonds is 42. The average molecular weight is 1480 g/mol. The lowest BCUT2D eigenvalue weighted by Crippen LogP contribution is -2.35. The van der Waals surface area contributed by atoms with Crippen LogP contribution in [0.4, 0.5) is 0 Å². The maximum atomic E-state index is 10.2. The van der Waals surface area contributed by atoms with Crippen LogP contribution < -0.4 is 0 Å². The van der Waals surface area contributed by atoms with Gasteiger partial charge in [0.1, 0.15) is 54.9 Å². The predicted molar refractivity (Wildman–Crippen MR) is 408 cm³/mol. The van der Waals surface area contributed by atoms with E-state index >= 15 is 0 Å². The SMILES string of the molecule is OC[C@@H](O)c1ccc(COC[C@@H](OCc2ccc([C@H](O)CO)cc2)c2ccc(CN3CCN(Cc4ccc([C@@H](COCc5ccc([C@H](O)CO)cc5)OCc5ccc([C@H](O)CO)cc5)cc4)CCN(Cc4ccc([C@@H](COCc5ccc([C@H](O)CO)cc5)OCc5ccc([C@H](O)CO)cc5)cc4)CC3)cc2)cc1. The molecular weight excluding hydrogens is 1370 g/mol. The topological polar surface area (TPSA) is 308 Å². The van der Waals surface area contributed by atoms with Gasteiger partial charge in [0, 0.05) is 58.9 Å². The number of aliphatic hydroxyl groups excluding tert-OH is 12. The maximum absolute atomic E-state index is 10.2. The van der Waals surface area contributed by atoms with Crippen molar-refractivity contribution >= 4 is 0 Å². The van der Waals surface area contributed by atoms with Gasteiger partial charge >= 0.3 is 0 Å². The van der Waals surface area contributed by atoms with E-state index in [1.54, 1.807) is 72.8 Å². The van der Waals surface area contributed by atoms with Crippen molar-refractivity contribution in [3.05, 3.63) is 319 Å². The minimum atomic E-state index is -0.976. The van der Waals surface area contributed by atoms with Crippen molar-refractivity contribution in [2.75, 3.05) is 98.7 Å². The van der Waals surface area contributed by atoms with E-state index in [-0.39, 0.29) is 79.3 Å². The van der Waals surface area contributed by atoms with Gasteiger partial charge in [0.2, 0.25) is 0 Å². The van der Waals surface area contributed by atoms with Crippen molar-refractivity contribution in [3.8, 4) is 0 Å². The summed E-state index contributed by atoms with van der Waals surface area (Å²) < 4.78 is 38.8. The molecule has 0 spiro atoms. The Morgan fingerprint density at radius 2 is 0.370 bits per heavy atom. The highest BCUT2D eigenvalue weighted by molar-refractivity contribution is 5.32. The van der Waals surface area contributed by atoms with E-state index in [0.717, 1.165) is 106 Å². The molecule has 0 aromatic heterocycles. The fourth-order valence-corrected chi connectivity index (χ4v) is 12.8. The standard InChI is InChI=1S/C87H105N3O18/c91-46-79(97)70-19-7-64(8-20-70)52-103-58-85(106-55-67-13-25-73(26-14-67)82(100)49-94)76-31-1-61(2-32-76)43-88-37-39-89(44-62-3-33-77(34-4-62)86(107-56-68-15-27-74(28-16-68)83(101)50-95)59-104-53-65-9-21-71(22-10-65)80(98)47-92)41-42-90(40-38-88)45-63-5-35-78(36-6-63)87(108-57-69-17-29-75(30-18-69)84(102)51-96)60-105-54-66-11-23-72(24-12-66)81(99)48-93/h1-36,79-87,91-102H,37-60H2/t79-,80-,81-,82-,83-,84-,85-,86-,87-/m1/s1. The molecule has 0 bridgehead atoms. The van der Waals surface area contributed by atoms with E-state index in [0.29, 0.717) is 72.8 Å². The van der Waals surface area contributed by atoms with Crippen molar-refractivity contribution in [3.63, 3.8) is 0 Å². The molecule has 1 saturated heterocycles. The van der Waals surface area contributed by atoms with Crippen LogP contribution in [0.1, 0.15) is 155 Å². The molecule has 1 aliphatic heterocycles. The molecule has 9 aromatic rings. The van der Waals surface area contributed by atoms with Crippen LogP contribution in [-0.4, -0.2) is 175 Å². The van der Waals surface area contributed by atoms with Gasteiger partial charge in [0.05, 0.1) is 99.1 Å². The van der Waals surface area contributed by atoms with Gasteiger partial charge in [0.15, 0.2) is 0 Å². The molecule has 9 atom stereocenters. The normalized spacial score (nSPS) is 16.0. The van der Waals surface area contributed by atoms with Crippen molar-refractivity contribution in [2.24, 2.45) is 0 Å². The van der Waals surface area contributed by atoms with Crippen LogP contribution in [0.2, 0.25) is 0 Å². The van der Waals surface area contributed by atoms with Gasteiger partial charge < -0.3 is 89.7 Å². The summed E-state index contributed by atoms with van der Waals surface area (Å²) in [5.41, 5.74) is 15.3. The first-order valence-corrected chi connectivity index (χ1v) is 36.9. The number of aliphatic hydroxyl groups is 12. The third-order valence-corrected chi connectivity index (χ3v) is 19.7. The first-order valence-electron chi connectivity index (χ1n) is 36.9. The highest BCUT2D eigenvalue weighted by Crippen LogP contribution is 2.29. The Morgan fingerprint density at radius 3 is 0.546 bits per heavy atom. The van der Waals surface area contributed by atoms with E-state index in [9.17, 15) is 61.3 Å². The first-order chi connectivity index (χ1) is 52.7. The second-order valence-electron chi connectivity index (χ2n) is 27.6. The molecule has 0 radical (unpaired) electrons. The van der Waals surface area contributed by atoms with Crippen LogP contribution >= 0.6 is 0 Å². The van der Waals surface area contributed by atoms with Gasteiger partial charge in [-0.15, -0.1) is 0 Å². The molecule has 21 nitrogen and oxygen atoms in total. The lowest BCUT2D eigenvalue weighted by atomic mass is 10.1. The van der Waals surface area contributed by atoms with Crippen LogP contribution in [-0.2, 0) is 87.7 Å². The van der Waals surface area contributed by atoms with E-state index < -0.39 is 54.9 Å². The van der Waals surface area contributed by atoms with Gasteiger partial charge in [-0.05, 0) is 100 Å². The van der Waals surface area contributed by atoms with Crippen molar-refractivity contribution in [1.82, 2.24) is 14.7 Å². The molecule has 0 saturated carbocycles. The van der Waals surface area contributed by atoms with Gasteiger partial charge in [-0.2, -0.15) is 0 Å². The molecule has 0 amide bonds. The van der Waals surface area contributed by atoms with Crippen LogP contribution in [0.3, 0.4) is 0 Å². The molecule has 12 N–H and O–H groups in total. The quantitative estimate of drug-likeness (QED) is 0.0170. The summed E-state index contributed by atoms with van der Waals surface area (Å²) in [6, 6.07) is 69.4. The highest BCUT2D eigenvalue weighted by atomic mass is 16.5. The summed E-state index contributed by atoms with van der Waals surface area (Å²) >= 11 is 0. The van der Waals surface area contributed by atoms with Crippen LogP contribution in [0.25, 0.3) is 0 Å². The summed E-state index contributed by atoms with van der Waals surface area (Å²) in [6.07, 6.45) is -7.16. The average Bonchev–Trinajstić information content (AvgIpc) is 1.46. The smallest absolute Gasteiger partial charge is 0.106 e. The summed E-state index contributed by atoms with van der Waals surface area (Å²) in [4.78, 5) is 7.54. The van der Waals surface area contributed by atoms with E-state index in [2.05, 4.69) is 87.5 Å². The zero-order valence-electron chi connectivity index (χ0n) is 61.1. The van der Waals surface area contributed by atoms with Gasteiger partial charge in [-0.25, -0.2) is 0 Å². The Balaban J connectivity index is 0.860. The molecule has 576 valence electrons. The third-order valence-electron chi connectivity index (χ3n) is 19.7. The Morgan fingerprint density at radius 1 is 0.213 bits per heavy atom. The minimum absolute atomic E-state index is 0.244. The Hall–Kier alpha value is -7.86. The van der Waals surface area contributed by atoms with Crippen LogP contribution in [0.15, 0.2) is 218 Å². The maximum Gasteiger partial charge on any atom is 0.106 e. The van der Waals surface area contributed by atoms with E-state index in [1.807, 2.05) is 72.8 Å². The number of ether oxygens (including phenoxy) is 6. The fraction of sp³-hybridized carbons (Fsp3) is 0.379. The second kappa shape index (κ2) is 43.5. The summed E-state index contributed by atoms with van der Waals surface area (Å²) in [5.74, 6) is 0. The number of benzene rings is 9. The summed E-state index contributed by atoms with van der Waals surface area (Å²) in [7, 11) is 0. The van der Waals surface area contributed by atoms with Gasteiger partial charge in [-0.3, -0.25) is 14.7 Å². The van der Waals surface area contributed by atoms with Crippen molar-refractivity contribution in [1.29, 1.82) is 0 Å². The number of hydrogen-bond donors (Lipinski definition) is 12. The molecule has 1 heterocycles. The summed E-state index contributed by atoms with van der Waals surface area (Å²) in [6.45, 7) is 7.01. The molecule has 0 unspecified atom stereocenters. The fourth-order valence-electron chi connectivity index (χ4n) is 12.8. The summed E-state index contributed by atoms with van der Waals surface area (Å²) in [5, 5.41) is 118. The van der Waals surface area contributed by atoms with E-state index in [4.69, 9.17) is 28.4 Å². The molecule has 10 rings (SSSR count). The van der Waals surface area contributed by atoms with Crippen molar-refractivity contribution < 1.29 is 89.7 Å². The monoisotopic (exact) mass is 1480 g/mol. The minimum Gasteiger partial charge on any atom is -0.393 e. The number of nitrogens with zero attached hydrogens (tertiary/aromatic N) is 3. The zero-order valence-corrected chi connectivity index (χ0v) is 61.1. The molecule has 1 aliphatic rings. The molecule has 0 aliphatic carbocycles. The zero-order chi connectivity index (χ0) is 76.0. The molecule has 21 heteroatoms. The number of hydrogen-bond acceptors (Lipinski definition) is 21. The predicted octanol–water partition coefficient (Wildman–Crippen LogP) is 9.08. The second-order valence-corrected chi connectivity index (χ2v) is 27.6. The van der Waals surface area contributed by atoms with Crippen LogP contribution in [0.5, 0.6) is 0 Å². The first kappa shape index (κ1) is 82.6. The molecule has 1 fully saturated rings. The Bertz CT molecular complexity index is 3570. The molecule has 108 heavy (non-hydrogen) atoms. The Labute approximate surface area is 632 Å². The molecule has 9 aromatic carbocycles. The molecular formula is C87H105N3O18. The van der Waals surface area contributed by atoms with Gasteiger partial charge in [0.25, 0.3) is 0 Å². The van der Waals surface area contributed by atoms with Crippen molar-refractivity contribution in [2.45, 2.75) is 114 Å². The Kier molecular flexibility index (Phi) is 33.3. The van der Waals surface area contributed by atoms with E-state index in [1.165, 1.54) is 0 Å². The van der Waals surface area contributed by atoms with Crippen LogP contribution in [0, 0.1) is 0 Å². The lowest BCUT2D eigenvalue weighted by Gasteiger charge is -2.26.